The van der Waals surface area contributed by atoms with Gasteiger partial charge in [-0.3, -0.25) is 14.2 Å². The van der Waals surface area contributed by atoms with E-state index in [-0.39, 0.29) is 17.7 Å². The molecule has 0 aliphatic rings. The molecule has 0 radical (unpaired) electrons. The topological polar surface area (TPSA) is 108 Å². The van der Waals surface area contributed by atoms with Crippen LogP contribution >= 0.6 is 27.3 Å². The van der Waals surface area contributed by atoms with Crippen molar-refractivity contribution in [2.75, 3.05) is 12.4 Å². The highest BCUT2D eigenvalue weighted by Gasteiger charge is 2.18. The minimum absolute atomic E-state index is 0.248. The van der Waals surface area contributed by atoms with Gasteiger partial charge in [-0.05, 0) is 27.4 Å². The SMILES string of the molecule is COC(=O)c1ccsc1NC(=O)Cn1cnc2c(c(Br)nn2C)c1=O. The summed E-state index contributed by atoms with van der Waals surface area (Å²) in [4.78, 5) is 40.5. The van der Waals surface area contributed by atoms with Crippen LogP contribution in [0.2, 0.25) is 0 Å². The third kappa shape index (κ3) is 3.20. The van der Waals surface area contributed by atoms with Crippen LogP contribution in [0.3, 0.4) is 0 Å². The lowest BCUT2D eigenvalue weighted by Gasteiger charge is -2.07. The average Bonchev–Trinajstić information content (AvgIpc) is 3.14. The normalized spacial score (nSPS) is 10.8. The van der Waals surface area contributed by atoms with E-state index in [1.165, 1.54) is 34.0 Å². The van der Waals surface area contributed by atoms with Gasteiger partial charge in [0.05, 0.1) is 12.7 Å². The van der Waals surface area contributed by atoms with Crippen molar-refractivity contribution < 1.29 is 14.3 Å². The number of amides is 1. The standard InChI is InChI=1S/C14H12BrN5O4S/c1-19-11-9(10(15)18-19)13(22)20(6-16-11)5-8(21)17-12-7(3-4-25-12)14(23)24-2/h3-4,6H,5H2,1-2H3,(H,17,21). The molecular formula is C14H12BrN5O4S. The fraction of sp³-hybridized carbons (Fsp3) is 0.214. The fourth-order valence-corrected chi connectivity index (χ4v) is 3.62. The number of anilines is 1. The molecule has 3 rings (SSSR count). The van der Waals surface area contributed by atoms with Crippen LogP contribution in [0.5, 0.6) is 0 Å². The van der Waals surface area contributed by atoms with Crippen molar-refractivity contribution in [1.82, 2.24) is 19.3 Å². The molecule has 0 saturated heterocycles. The first-order valence-corrected chi connectivity index (χ1v) is 8.63. The van der Waals surface area contributed by atoms with Gasteiger partial charge in [0.2, 0.25) is 5.91 Å². The van der Waals surface area contributed by atoms with Crippen LogP contribution in [-0.4, -0.2) is 38.3 Å². The molecule has 0 fully saturated rings. The van der Waals surface area contributed by atoms with Gasteiger partial charge in [-0.15, -0.1) is 11.3 Å². The summed E-state index contributed by atoms with van der Waals surface area (Å²) in [6.07, 6.45) is 1.29. The molecule has 0 aromatic carbocycles. The number of aryl methyl sites for hydroxylation is 1. The molecule has 1 N–H and O–H groups in total. The number of hydrogen-bond donors (Lipinski definition) is 1. The maximum absolute atomic E-state index is 12.5. The number of fused-ring (bicyclic) bond motifs is 1. The third-order valence-corrected chi connectivity index (χ3v) is 4.79. The molecule has 3 aromatic rings. The number of ether oxygens (including phenoxy) is 1. The molecule has 9 nitrogen and oxygen atoms in total. The molecule has 0 unspecified atom stereocenters. The van der Waals surface area contributed by atoms with Crippen molar-refractivity contribution in [3.63, 3.8) is 0 Å². The molecule has 3 aromatic heterocycles. The quantitative estimate of drug-likeness (QED) is 0.632. The zero-order chi connectivity index (χ0) is 18.1. The van der Waals surface area contributed by atoms with Gasteiger partial charge in [-0.2, -0.15) is 5.10 Å². The number of esters is 1. The van der Waals surface area contributed by atoms with Crippen molar-refractivity contribution in [3.05, 3.63) is 38.3 Å². The van der Waals surface area contributed by atoms with Crippen LogP contribution < -0.4 is 10.9 Å². The largest absolute Gasteiger partial charge is 0.465 e. The second-order valence-corrected chi connectivity index (χ2v) is 6.66. The molecule has 1 amide bonds. The first-order chi connectivity index (χ1) is 11.9. The third-order valence-electron chi connectivity index (χ3n) is 3.41. The first kappa shape index (κ1) is 17.3. The van der Waals surface area contributed by atoms with Crippen LogP contribution in [0.25, 0.3) is 11.0 Å². The van der Waals surface area contributed by atoms with Gasteiger partial charge < -0.3 is 10.1 Å². The Labute approximate surface area is 153 Å². The van der Waals surface area contributed by atoms with E-state index in [1.54, 1.807) is 18.5 Å². The van der Waals surface area contributed by atoms with E-state index >= 15 is 0 Å². The molecule has 0 bridgehead atoms. The Morgan fingerprint density at radius 2 is 2.20 bits per heavy atom. The lowest BCUT2D eigenvalue weighted by Crippen LogP contribution is -2.28. The predicted molar refractivity (Wildman–Crippen MR) is 94.8 cm³/mol. The van der Waals surface area contributed by atoms with E-state index in [0.717, 1.165) is 0 Å². The van der Waals surface area contributed by atoms with Crippen LogP contribution in [0.4, 0.5) is 5.00 Å². The summed E-state index contributed by atoms with van der Waals surface area (Å²) in [5.41, 5.74) is 0.288. The predicted octanol–water partition coefficient (Wildman–Crippen LogP) is 1.38. The molecule has 0 atom stereocenters. The molecule has 0 aliphatic heterocycles. The van der Waals surface area contributed by atoms with Crippen molar-refractivity contribution in [2.24, 2.45) is 7.05 Å². The lowest BCUT2D eigenvalue weighted by molar-refractivity contribution is -0.116. The summed E-state index contributed by atoms with van der Waals surface area (Å²) >= 11 is 4.40. The zero-order valence-electron chi connectivity index (χ0n) is 13.1. The number of halogens is 1. The number of rotatable bonds is 4. The van der Waals surface area contributed by atoms with Crippen LogP contribution in [0, 0.1) is 0 Å². The minimum Gasteiger partial charge on any atom is -0.465 e. The maximum atomic E-state index is 12.5. The number of nitrogens with zero attached hydrogens (tertiary/aromatic N) is 4. The zero-order valence-corrected chi connectivity index (χ0v) is 15.5. The van der Waals surface area contributed by atoms with Gasteiger partial charge in [0, 0.05) is 7.05 Å². The van der Waals surface area contributed by atoms with Gasteiger partial charge in [-0.1, -0.05) is 0 Å². The summed E-state index contributed by atoms with van der Waals surface area (Å²) in [6.45, 7) is -0.248. The van der Waals surface area contributed by atoms with Gasteiger partial charge in [-0.25, -0.2) is 14.5 Å². The van der Waals surface area contributed by atoms with E-state index in [1.807, 2.05) is 0 Å². The van der Waals surface area contributed by atoms with Gasteiger partial charge in [0.15, 0.2) is 5.65 Å². The maximum Gasteiger partial charge on any atom is 0.340 e. The summed E-state index contributed by atoms with van der Waals surface area (Å²) in [7, 11) is 2.93. The summed E-state index contributed by atoms with van der Waals surface area (Å²) in [6, 6.07) is 1.55. The number of methoxy groups -OCH3 is 1. The number of thiophene rings is 1. The fourth-order valence-electron chi connectivity index (χ4n) is 2.25. The van der Waals surface area contributed by atoms with Crippen molar-refractivity contribution in [3.8, 4) is 0 Å². The number of carbonyl (C=O) groups is 2. The van der Waals surface area contributed by atoms with Crippen molar-refractivity contribution >= 4 is 55.2 Å². The Morgan fingerprint density at radius 1 is 1.44 bits per heavy atom. The number of nitrogens with one attached hydrogen (secondary N) is 1. The van der Waals surface area contributed by atoms with E-state index in [4.69, 9.17) is 0 Å². The van der Waals surface area contributed by atoms with E-state index in [0.29, 0.717) is 20.6 Å². The Bertz CT molecular complexity index is 1040. The highest BCUT2D eigenvalue weighted by atomic mass is 79.9. The van der Waals surface area contributed by atoms with Crippen LogP contribution in [0.1, 0.15) is 10.4 Å². The van der Waals surface area contributed by atoms with Gasteiger partial charge >= 0.3 is 5.97 Å². The smallest absolute Gasteiger partial charge is 0.340 e. The minimum atomic E-state index is -0.545. The molecule has 3 heterocycles. The van der Waals surface area contributed by atoms with Gasteiger partial charge in [0.25, 0.3) is 5.56 Å². The number of carbonyl (C=O) groups excluding carboxylic acids is 2. The number of aromatic nitrogens is 4. The molecule has 0 saturated carbocycles. The highest BCUT2D eigenvalue weighted by molar-refractivity contribution is 9.10. The molecule has 0 spiro atoms. The molecular weight excluding hydrogens is 414 g/mol. The van der Waals surface area contributed by atoms with E-state index < -0.39 is 11.9 Å². The lowest BCUT2D eigenvalue weighted by atomic mass is 10.3. The highest BCUT2D eigenvalue weighted by Crippen LogP contribution is 2.24. The molecule has 11 heteroatoms. The molecule has 25 heavy (non-hydrogen) atoms. The summed E-state index contributed by atoms with van der Waals surface area (Å²) in [5.74, 6) is -1.01. The van der Waals surface area contributed by atoms with Crippen LogP contribution in [-0.2, 0) is 23.1 Å². The Morgan fingerprint density at radius 3 is 2.92 bits per heavy atom. The van der Waals surface area contributed by atoms with E-state index in [9.17, 15) is 14.4 Å². The summed E-state index contributed by atoms with van der Waals surface area (Å²) < 4.78 is 7.67. The molecule has 130 valence electrons. The second kappa shape index (κ2) is 6.76. The second-order valence-electron chi connectivity index (χ2n) is 4.99. The average molecular weight is 426 g/mol. The van der Waals surface area contributed by atoms with Gasteiger partial charge in [0.1, 0.15) is 27.9 Å². The number of hydrogen-bond acceptors (Lipinski definition) is 7. The van der Waals surface area contributed by atoms with E-state index in [2.05, 4.69) is 36.1 Å². The summed E-state index contributed by atoms with van der Waals surface area (Å²) in [5, 5.41) is 9.01. The Balaban J connectivity index is 1.85. The van der Waals surface area contributed by atoms with Crippen molar-refractivity contribution in [1.29, 1.82) is 0 Å². The monoisotopic (exact) mass is 425 g/mol. The Hall–Kier alpha value is -2.53. The van der Waals surface area contributed by atoms with Crippen molar-refractivity contribution in [2.45, 2.75) is 6.54 Å². The van der Waals surface area contributed by atoms with Crippen LogP contribution in [0.15, 0.2) is 27.2 Å². The Kier molecular flexibility index (Phi) is 4.68. The molecule has 0 aliphatic carbocycles. The first-order valence-electron chi connectivity index (χ1n) is 6.95.